The zero-order valence-corrected chi connectivity index (χ0v) is 12.4. The minimum absolute atomic E-state index is 0.143. The number of fused-ring (bicyclic) bond motifs is 1. The number of aliphatic hydroxyl groups excluding tert-OH is 1. The predicted octanol–water partition coefficient (Wildman–Crippen LogP) is 1.92. The van der Waals surface area contributed by atoms with Crippen molar-refractivity contribution in [1.29, 1.82) is 0 Å². The van der Waals surface area contributed by atoms with E-state index >= 15 is 0 Å². The fourth-order valence-corrected chi connectivity index (χ4v) is 3.07. The van der Waals surface area contributed by atoms with Gasteiger partial charge in [0.05, 0.1) is 24.1 Å². The molecule has 21 heavy (non-hydrogen) atoms. The van der Waals surface area contributed by atoms with Gasteiger partial charge in [-0.25, -0.2) is 4.98 Å². The molecule has 6 heteroatoms. The lowest BCUT2D eigenvalue weighted by molar-refractivity contribution is 0.0819. The first-order valence-corrected chi connectivity index (χ1v) is 7.58. The van der Waals surface area contributed by atoms with Crippen molar-refractivity contribution < 1.29 is 5.11 Å². The van der Waals surface area contributed by atoms with Gasteiger partial charge in [0.2, 0.25) is 0 Å². The smallest absolute Gasteiger partial charge is 0.258 e. The molecule has 1 aromatic carbocycles. The van der Waals surface area contributed by atoms with Crippen molar-refractivity contribution in [2.45, 2.75) is 31.8 Å². The van der Waals surface area contributed by atoms with Gasteiger partial charge < -0.3 is 10.1 Å². The molecule has 2 N–H and O–H groups in total. The number of hydrogen-bond donors (Lipinski definition) is 2. The van der Waals surface area contributed by atoms with Gasteiger partial charge in [-0.05, 0) is 37.6 Å². The molecule has 0 spiro atoms. The summed E-state index contributed by atoms with van der Waals surface area (Å²) in [7, 11) is 0. The molecule has 1 aromatic heterocycles. The van der Waals surface area contributed by atoms with Crippen molar-refractivity contribution in [3.05, 3.63) is 39.4 Å². The quantitative estimate of drug-likeness (QED) is 0.909. The lowest BCUT2D eigenvalue weighted by atomic mass is 10.0. The average molecular weight is 308 g/mol. The van der Waals surface area contributed by atoms with Crippen LogP contribution in [0.2, 0.25) is 5.02 Å². The molecule has 2 heterocycles. The van der Waals surface area contributed by atoms with Gasteiger partial charge in [0.25, 0.3) is 5.56 Å². The maximum atomic E-state index is 12.1. The maximum absolute atomic E-state index is 12.1. The van der Waals surface area contributed by atoms with Crippen LogP contribution in [0.25, 0.3) is 10.9 Å². The largest absolute Gasteiger partial charge is 0.395 e. The topological polar surface area (TPSA) is 69.2 Å². The molecule has 0 radical (unpaired) electrons. The van der Waals surface area contributed by atoms with E-state index in [0.29, 0.717) is 28.3 Å². The Bertz CT molecular complexity index is 701. The van der Waals surface area contributed by atoms with Gasteiger partial charge in [-0.2, -0.15) is 0 Å². The first-order valence-electron chi connectivity index (χ1n) is 7.21. The van der Waals surface area contributed by atoms with Gasteiger partial charge >= 0.3 is 0 Å². The Balaban J connectivity index is 1.91. The number of rotatable bonds is 3. The Morgan fingerprint density at radius 2 is 2.29 bits per heavy atom. The molecule has 112 valence electrons. The van der Waals surface area contributed by atoms with Crippen molar-refractivity contribution in [2.24, 2.45) is 0 Å². The van der Waals surface area contributed by atoms with E-state index in [1.165, 1.54) is 0 Å². The number of likely N-dealkylation sites (tertiary alicyclic amines) is 1. The Hall–Kier alpha value is -1.43. The second-order valence-corrected chi connectivity index (χ2v) is 5.91. The van der Waals surface area contributed by atoms with Crippen LogP contribution in [0, 0.1) is 0 Å². The normalized spacial score (nSPS) is 20.0. The number of nitrogens with zero attached hydrogens (tertiary/aromatic N) is 2. The average Bonchev–Trinajstić information content (AvgIpc) is 2.47. The first kappa shape index (κ1) is 14.5. The van der Waals surface area contributed by atoms with Crippen molar-refractivity contribution in [3.63, 3.8) is 0 Å². The first-order chi connectivity index (χ1) is 10.2. The molecule has 1 fully saturated rings. The van der Waals surface area contributed by atoms with Gasteiger partial charge in [0.1, 0.15) is 5.82 Å². The van der Waals surface area contributed by atoms with Gasteiger partial charge in [-0.1, -0.05) is 18.0 Å². The van der Waals surface area contributed by atoms with E-state index in [-0.39, 0.29) is 18.2 Å². The molecular formula is C15H18ClN3O2. The molecule has 1 atom stereocenters. The summed E-state index contributed by atoms with van der Waals surface area (Å²) in [5.74, 6) is 0.620. The molecule has 0 aliphatic carbocycles. The van der Waals surface area contributed by atoms with E-state index in [1.807, 2.05) is 0 Å². The van der Waals surface area contributed by atoms with E-state index < -0.39 is 0 Å². The number of nitrogens with one attached hydrogen (secondary N) is 1. The van der Waals surface area contributed by atoms with Crippen LogP contribution in [0.5, 0.6) is 0 Å². The number of piperidine rings is 1. The third-order valence-electron chi connectivity index (χ3n) is 4.03. The van der Waals surface area contributed by atoms with Crippen LogP contribution >= 0.6 is 11.6 Å². The number of aromatic nitrogens is 2. The molecule has 1 aliphatic rings. The lowest BCUT2D eigenvalue weighted by Crippen LogP contribution is -2.41. The van der Waals surface area contributed by atoms with Gasteiger partial charge in [0.15, 0.2) is 0 Å². The second kappa shape index (κ2) is 6.13. The fraction of sp³-hybridized carbons (Fsp3) is 0.467. The third kappa shape index (κ3) is 3.10. The SMILES string of the molecule is O=c1[nH]c(CN2CCCC[C@@H]2CO)nc2cc(Cl)ccc12. The van der Waals surface area contributed by atoms with Crippen LogP contribution in [-0.4, -0.2) is 39.2 Å². The summed E-state index contributed by atoms with van der Waals surface area (Å²) in [6, 6.07) is 5.23. The Labute approximate surface area is 127 Å². The summed E-state index contributed by atoms with van der Waals surface area (Å²) in [5, 5.41) is 10.6. The van der Waals surface area contributed by atoms with Crippen LogP contribution in [0.15, 0.2) is 23.0 Å². The summed E-state index contributed by atoms with van der Waals surface area (Å²) in [4.78, 5) is 21.6. The summed E-state index contributed by atoms with van der Waals surface area (Å²) < 4.78 is 0. The highest BCUT2D eigenvalue weighted by Crippen LogP contribution is 2.19. The molecule has 0 bridgehead atoms. The molecule has 5 nitrogen and oxygen atoms in total. The Morgan fingerprint density at radius 1 is 1.43 bits per heavy atom. The molecule has 2 aromatic rings. The summed E-state index contributed by atoms with van der Waals surface area (Å²) in [5.41, 5.74) is 0.461. The summed E-state index contributed by atoms with van der Waals surface area (Å²) in [6.07, 6.45) is 3.24. The summed E-state index contributed by atoms with van der Waals surface area (Å²) in [6.45, 7) is 1.61. The van der Waals surface area contributed by atoms with Crippen LogP contribution in [0.1, 0.15) is 25.1 Å². The maximum Gasteiger partial charge on any atom is 0.258 e. The summed E-state index contributed by atoms with van der Waals surface area (Å²) >= 11 is 5.97. The monoisotopic (exact) mass is 307 g/mol. The van der Waals surface area contributed by atoms with Crippen LogP contribution in [0.4, 0.5) is 0 Å². The number of benzene rings is 1. The molecule has 1 saturated heterocycles. The van der Waals surface area contributed by atoms with Crippen molar-refractivity contribution in [3.8, 4) is 0 Å². The fourth-order valence-electron chi connectivity index (χ4n) is 2.90. The van der Waals surface area contributed by atoms with Gasteiger partial charge in [-0.3, -0.25) is 9.69 Å². The minimum atomic E-state index is -0.149. The van der Waals surface area contributed by atoms with E-state index in [4.69, 9.17) is 11.6 Å². The number of aromatic amines is 1. The van der Waals surface area contributed by atoms with Crippen molar-refractivity contribution in [1.82, 2.24) is 14.9 Å². The van der Waals surface area contributed by atoms with Crippen LogP contribution in [0.3, 0.4) is 0 Å². The third-order valence-corrected chi connectivity index (χ3v) is 4.27. The number of hydrogen-bond acceptors (Lipinski definition) is 4. The highest BCUT2D eigenvalue weighted by atomic mass is 35.5. The minimum Gasteiger partial charge on any atom is -0.395 e. The molecule has 1 aliphatic heterocycles. The van der Waals surface area contributed by atoms with Gasteiger partial charge in [-0.15, -0.1) is 0 Å². The van der Waals surface area contributed by atoms with Crippen molar-refractivity contribution >= 4 is 22.5 Å². The lowest BCUT2D eigenvalue weighted by Gasteiger charge is -2.34. The molecule has 0 unspecified atom stereocenters. The standard InChI is InChI=1S/C15H18ClN3O2/c16-10-4-5-12-13(7-10)17-14(18-15(12)21)8-19-6-2-1-3-11(19)9-20/h4-5,7,11,20H,1-3,6,8-9H2,(H,17,18,21)/t11-/m1/s1. The zero-order valence-electron chi connectivity index (χ0n) is 11.7. The van der Waals surface area contributed by atoms with E-state index in [1.54, 1.807) is 18.2 Å². The molecule has 3 rings (SSSR count). The highest BCUT2D eigenvalue weighted by molar-refractivity contribution is 6.31. The Kier molecular flexibility index (Phi) is 4.24. The van der Waals surface area contributed by atoms with E-state index in [0.717, 1.165) is 25.8 Å². The number of halogens is 1. The predicted molar refractivity (Wildman–Crippen MR) is 82.5 cm³/mol. The molecule has 0 amide bonds. The van der Waals surface area contributed by atoms with Crippen LogP contribution in [-0.2, 0) is 6.54 Å². The van der Waals surface area contributed by atoms with Crippen LogP contribution < -0.4 is 5.56 Å². The van der Waals surface area contributed by atoms with Gasteiger partial charge in [0, 0.05) is 11.1 Å². The van der Waals surface area contributed by atoms with E-state index in [2.05, 4.69) is 14.9 Å². The Morgan fingerprint density at radius 3 is 3.10 bits per heavy atom. The number of H-pyrrole nitrogens is 1. The molecule has 0 saturated carbocycles. The van der Waals surface area contributed by atoms with Crippen molar-refractivity contribution in [2.75, 3.05) is 13.2 Å². The highest BCUT2D eigenvalue weighted by Gasteiger charge is 2.22. The number of aliphatic hydroxyl groups is 1. The zero-order chi connectivity index (χ0) is 14.8. The van der Waals surface area contributed by atoms with E-state index in [9.17, 15) is 9.90 Å². The molecular weight excluding hydrogens is 290 g/mol. The second-order valence-electron chi connectivity index (χ2n) is 5.48.